The molecular weight excluding hydrogens is 200 g/mol. The Labute approximate surface area is 101 Å². The van der Waals surface area contributed by atoms with Crippen molar-refractivity contribution < 1.29 is 9.47 Å². The lowest BCUT2D eigenvalue weighted by Crippen LogP contribution is -2.30. The average Bonchev–Trinajstić information content (AvgIpc) is 2.74. The van der Waals surface area contributed by atoms with Gasteiger partial charge in [-0.1, -0.05) is 46.0 Å². The molecule has 0 aliphatic carbocycles. The summed E-state index contributed by atoms with van der Waals surface area (Å²) in [5, 5.41) is 0. The van der Waals surface area contributed by atoms with Crippen LogP contribution in [0.2, 0.25) is 0 Å². The van der Waals surface area contributed by atoms with Crippen molar-refractivity contribution in [1.82, 2.24) is 0 Å². The zero-order chi connectivity index (χ0) is 11.7. The Morgan fingerprint density at radius 2 is 1.56 bits per heavy atom. The molecule has 0 aromatic heterocycles. The Balaban J connectivity index is 2.22. The smallest absolute Gasteiger partial charge is 0.168 e. The molecule has 0 aromatic carbocycles. The van der Waals surface area contributed by atoms with Crippen LogP contribution in [0.4, 0.5) is 0 Å². The standard InChI is InChI=1S/C14H27O2/c1-3-5-7-9-11-14(10-8-6-4-2)15-12-13-16-14/h1,3-13H2,2H3. The Morgan fingerprint density at radius 1 is 0.938 bits per heavy atom. The van der Waals surface area contributed by atoms with E-state index in [1.807, 2.05) is 0 Å². The highest BCUT2D eigenvalue weighted by atomic mass is 16.7. The molecule has 0 spiro atoms. The zero-order valence-corrected chi connectivity index (χ0v) is 10.8. The van der Waals surface area contributed by atoms with Crippen molar-refractivity contribution in [3.63, 3.8) is 0 Å². The van der Waals surface area contributed by atoms with Gasteiger partial charge in [-0.3, -0.25) is 0 Å². The summed E-state index contributed by atoms with van der Waals surface area (Å²) < 4.78 is 11.7. The van der Waals surface area contributed by atoms with Gasteiger partial charge in [-0.05, 0) is 12.8 Å². The molecule has 0 amide bonds. The van der Waals surface area contributed by atoms with Crippen molar-refractivity contribution in [2.75, 3.05) is 13.2 Å². The number of ether oxygens (including phenoxy) is 2. The molecule has 1 aliphatic rings. The largest absolute Gasteiger partial charge is 0.348 e. The van der Waals surface area contributed by atoms with Crippen molar-refractivity contribution >= 4 is 0 Å². The summed E-state index contributed by atoms with van der Waals surface area (Å²) in [4.78, 5) is 0. The van der Waals surface area contributed by atoms with Gasteiger partial charge in [-0.2, -0.15) is 0 Å². The maximum absolute atomic E-state index is 5.83. The van der Waals surface area contributed by atoms with Crippen LogP contribution in [0.15, 0.2) is 0 Å². The fraction of sp³-hybridized carbons (Fsp3) is 0.929. The number of hydrogen-bond acceptors (Lipinski definition) is 2. The van der Waals surface area contributed by atoms with Crippen LogP contribution < -0.4 is 0 Å². The average molecular weight is 227 g/mol. The molecular formula is C14H27O2. The van der Waals surface area contributed by atoms with E-state index in [1.54, 1.807) is 0 Å². The van der Waals surface area contributed by atoms with E-state index in [9.17, 15) is 0 Å². The van der Waals surface area contributed by atoms with E-state index in [0.29, 0.717) is 0 Å². The molecule has 0 aromatic rings. The van der Waals surface area contributed by atoms with Gasteiger partial charge in [0, 0.05) is 12.8 Å². The molecule has 1 fully saturated rings. The van der Waals surface area contributed by atoms with E-state index in [1.165, 1.54) is 38.5 Å². The summed E-state index contributed by atoms with van der Waals surface area (Å²) in [5.41, 5.74) is 0. The van der Waals surface area contributed by atoms with Crippen LogP contribution in [-0.4, -0.2) is 19.0 Å². The quantitative estimate of drug-likeness (QED) is 0.552. The highest BCUT2D eigenvalue weighted by molar-refractivity contribution is 4.74. The maximum Gasteiger partial charge on any atom is 0.168 e. The van der Waals surface area contributed by atoms with Crippen molar-refractivity contribution in [2.45, 2.75) is 70.5 Å². The first kappa shape index (κ1) is 14.0. The fourth-order valence-corrected chi connectivity index (χ4v) is 2.30. The Hall–Kier alpha value is -0.0800. The van der Waals surface area contributed by atoms with Crippen molar-refractivity contribution in [3.05, 3.63) is 6.92 Å². The van der Waals surface area contributed by atoms with Crippen LogP contribution in [0.3, 0.4) is 0 Å². The first-order valence-corrected chi connectivity index (χ1v) is 6.90. The maximum atomic E-state index is 5.83. The van der Waals surface area contributed by atoms with Gasteiger partial charge >= 0.3 is 0 Å². The molecule has 95 valence electrons. The lowest BCUT2D eigenvalue weighted by Gasteiger charge is -2.27. The highest BCUT2D eigenvalue weighted by Gasteiger charge is 2.34. The molecule has 0 saturated carbocycles. The Morgan fingerprint density at radius 3 is 2.12 bits per heavy atom. The van der Waals surface area contributed by atoms with Crippen LogP contribution in [0.25, 0.3) is 0 Å². The van der Waals surface area contributed by atoms with Gasteiger partial charge in [0.15, 0.2) is 5.79 Å². The van der Waals surface area contributed by atoms with Crippen LogP contribution in [0, 0.1) is 6.92 Å². The van der Waals surface area contributed by atoms with Gasteiger partial charge in [0.25, 0.3) is 0 Å². The first-order chi connectivity index (χ1) is 7.83. The van der Waals surface area contributed by atoms with E-state index < -0.39 is 0 Å². The van der Waals surface area contributed by atoms with E-state index in [0.717, 1.165) is 32.5 Å². The molecule has 2 nitrogen and oxygen atoms in total. The second kappa shape index (κ2) is 8.08. The third-order valence-corrected chi connectivity index (χ3v) is 3.28. The fourth-order valence-electron chi connectivity index (χ4n) is 2.30. The molecule has 1 rings (SSSR count). The SMILES string of the molecule is [CH2]CCCCCC1(CCCCC)OCCO1. The minimum absolute atomic E-state index is 0.226. The zero-order valence-electron chi connectivity index (χ0n) is 10.8. The second-order valence-electron chi connectivity index (χ2n) is 4.73. The Kier molecular flexibility index (Phi) is 7.06. The predicted molar refractivity (Wildman–Crippen MR) is 67.2 cm³/mol. The molecule has 0 unspecified atom stereocenters. The molecule has 1 radical (unpaired) electrons. The summed E-state index contributed by atoms with van der Waals surface area (Å²) in [6.07, 6.45) is 10.7. The van der Waals surface area contributed by atoms with Crippen molar-refractivity contribution in [2.24, 2.45) is 0 Å². The van der Waals surface area contributed by atoms with Gasteiger partial charge in [0.1, 0.15) is 0 Å². The molecule has 0 atom stereocenters. The second-order valence-corrected chi connectivity index (χ2v) is 4.73. The molecule has 1 saturated heterocycles. The summed E-state index contributed by atoms with van der Waals surface area (Å²) in [5.74, 6) is -0.226. The summed E-state index contributed by atoms with van der Waals surface area (Å²) in [6.45, 7) is 7.66. The summed E-state index contributed by atoms with van der Waals surface area (Å²) >= 11 is 0. The van der Waals surface area contributed by atoms with E-state index >= 15 is 0 Å². The van der Waals surface area contributed by atoms with Crippen molar-refractivity contribution in [1.29, 1.82) is 0 Å². The minimum Gasteiger partial charge on any atom is -0.348 e. The predicted octanol–water partition coefficient (Wildman–Crippen LogP) is 4.09. The van der Waals surface area contributed by atoms with Gasteiger partial charge in [-0.15, -0.1) is 0 Å². The van der Waals surface area contributed by atoms with Crippen LogP contribution in [0.1, 0.15) is 64.7 Å². The van der Waals surface area contributed by atoms with Gasteiger partial charge in [-0.25, -0.2) is 0 Å². The summed E-state index contributed by atoms with van der Waals surface area (Å²) in [6, 6.07) is 0. The highest BCUT2D eigenvalue weighted by Crippen LogP contribution is 2.31. The molecule has 0 bridgehead atoms. The van der Waals surface area contributed by atoms with Gasteiger partial charge in [0.05, 0.1) is 13.2 Å². The molecule has 1 heterocycles. The lowest BCUT2D eigenvalue weighted by molar-refractivity contribution is -0.168. The van der Waals surface area contributed by atoms with E-state index in [4.69, 9.17) is 9.47 Å². The third-order valence-electron chi connectivity index (χ3n) is 3.28. The Bertz CT molecular complexity index is 162. The van der Waals surface area contributed by atoms with Gasteiger partial charge in [0.2, 0.25) is 0 Å². The van der Waals surface area contributed by atoms with E-state index in [2.05, 4.69) is 13.8 Å². The van der Waals surface area contributed by atoms with E-state index in [-0.39, 0.29) is 5.79 Å². The molecule has 16 heavy (non-hydrogen) atoms. The minimum atomic E-state index is -0.226. The molecule has 1 aliphatic heterocycles. The number of rotatable bonds is 9. The third kappa shape index (κ3) is 4.84. The van der Waals surface area contributed by atoms with Gasteiger partial charge < -0.3 is 9.47 Å². The topological polar surface area (TPSA) is 18.5 Å². The van der Waals surface area contributed by atoms with Crippen LogP contribution in [0.5, 0.6) is 0 Å². The summed E-state index contributed by atoms with van der Waals surface area (Å²) in [7, 11) is 0. The number of hydrogen-bond donors (Lipinski definition) is 0. The van der Waals surface area contributed by atoms with Crippen LogP contribution >= 0.6 is 0 Å². The lowest BCUT2D eigenvalue weighted by atomic mass is 10.0. The monoisotopic (exact) mass is 227 g/mol. The molecule has 0 N–H and O–H groups in total. The number of unbranched alkanes of at least 4 members (excludes halogenated alkanes) is 5. The molecule has 2 heteroatoms. The van der Waals surface area contributed by atoms with Crippen molar-refractivity contribution in [3.8, 4) is 0 Å². The first-order valence-electron chi connectivity index (χ1n) is 6.90. The van der Waals surface area contributed by atoms with Crippen LogP contribution in [-0.2, 0) is 9.47 Å². The normalized spacial score (nSPS) is 19.1.